The summed E-state index contributed by atoms with van der Waals surface area (Å²) in [6.45, 7) is 4.92. The third-order valence-electron chi connectivity index (χ3n) is 18.8. The van der Waals surface area contributed by atoms with Crippen molar-refractivity contribution in [1.29, 1.82) is 0 Å². The number of aliphatic hydroxyl groups is 1. The maximum atomic E-state index is 13.1. The van der Waals surface area contributed by atoms with Gasteiger partial charge in [-0.1, -0.05) is 372 Å². The van der Waals surface area contributed by atoms with Crippen molar-refractivity contribution in [3.63, 3.8) is 0 Å². The van der Waals surface area contributed by atoms with E-state index in [1.807, 2.05) is 12.2 Å². The van der Waals surface area contributed by atoms with Crippen LogP contribution in [0.1, 0.15) is 413 Å². The first-order chi connectivity index (χ1) is 50.7. The fraction of sp³-hybridized carbons (Fsp3) is 0.859. The van der Waals surface area contributed by atoms with E-state index in [9.17, 15) is 43.2 Å². The number of rotatable bonds is 82. The lowest BCUT2D eigenvalue weighted by molar-refractivity contribution is -0.161. The third kappa shape index (κ3) is 77.2. The largest absolute Gasteiger partial charge is 0.472 e. The van der Waals surface area contributed by atoms with Crippen LogP contribution in [0.15, 0.2) is 48.6 Å². The summed E-state index contributed by atoms with van der Waals surface area (Å²) in [7, 11) is -9.95. The topological polar surface area (TPSA) is 237 Å². The molecule has 0 rings (SSSR count). The Labute approximate surface area is 636 Å². The van der Waals surface area contributed by atoms with Crippen LogP contribution in [0.25, 0.3) is 0 Å². The van der Waals surface area contributed by atoms with Gasteiger partial charge in [0.05, 0.1) is 26.4 Å². The van der Waals surface area contributed by atoms with E-state index in [0.717, 1.165) is 96.3 Å². The van der Waals surface area contributed by atoms with Crippen LogP contribution in [-0.2, 0) is 65.4 Å². The van der Waals surface area contributed by atoms with Crippen LogP contribution in [0, 0.1) is 0 Å². The minimum atomic E-state index is -4.98. The molecule has 17 nitrogen and oxygen atoms in total. The van der Waals surface area contributed by atoms with Crippen molar-refractivity contribution in [1.82, 2.24) is 0 Å². The predicted molar refractivity (Wildman–Crippen MR) is 427 cm³/mol. The summed E-state index contributed by atoms with van der Waals surface area (Å²) in [6.07, 6.45) is 77.9. The zero-order chi connectivity index (χ0) is 76.0. The van der Waals surface area contributed by atoms with Gasteiger partial charge in [0.2, 0.25) is 0 Å². The van der Waals surface area contributed by atoms with E-state index in [-0.39, 0.29) is 25.7 Å². The number of carbonyl (C=O) groups excluding carboxylic acids is 4. The molecule has 0 bridgehead atoms. The Morgan fingerprint density at radius 1 is 0.269 bits per heavy atom. The minimum Gasteiger partial charge on any atom is -0.462 e. The highest BCUT2D eigenvalue weighted by molar-refractivity contribution is 7.47. The Balaban J connectivity index is 5.35. The molecule has 610 valence electrons. The van der Waals surface area contributed by atoms with Crippen molar-refractivity contribution in [3.8, 4) is 0 Å². The Kier molecular flexibility index (Phi) is 75.9. The molecule has 0 aromatic carbocycles. The second-order valence-electron chi connectivity index (χ2n) is 29.2. The molecule has 0 aliphatic rings. The predicted octanol–water partition coefficient (Wildman–Crippen LogP) is 25.2. The molecule has 0 radical (unpaired) electrons. The fourth-order valence-corrected chi connectivity index (χ4v) is 13.9. The maximum absolute atomic E-state index is 13.1. The first kappa shape index (κ1) is 101. The summed E-state index contributed by atoms with van der Waals surface area (Å²) in [5, 5.41) is 10.7. The maximum Gasteiger partial charge on any atom is 0.472 e. The van der Waals surface area contributed by atoms with Crippen LogP contribution < -0.4 is 0 Å². The Morgan fingerprint density at radius 3 is 0.760 bits per heavy atom. The molecule has 0 spiro atoms. The summed E-state index contributed by atoms with van der Waals surface area (Å²) < 4.78 is 68.8. The van der Waals surface area contributed by atoms with Gasteiger partial charge in [0.1, 0.15) is 19.3 Å². The van der Waals surface area contributed by atoms with E-state index in [1.54, 1.807) is 0 Å². The zero-order valence-corrected chi connectivity index (χ0v) is 68.8. The smallest absolute Gasteiger partial charge is 0.462 e. The molecule has 0 aliphatic heterocycles. The lowest BCUT2D eigenvalue weighted by Crippen LogP contribution is -2.30. The molecule has 0 aromatic heterocycles. The number of esters is 4. The van der Waals surface area contributed by atoms with Gasteiger partial charge in [-0.25, -0.2) is 9.13 Å². The standard InChI is InChI=1S/C85H158O17P2/c1-5-9-13-17-21-25-29-33-37-39-43-46-50-54-58-62-66-70-83(88)96-76-80(101-84(89)71-67-63-59-55-51-47-42-36-32-28-24-20-16-12-8-4)77-99-103(91,92)97-73-79(86)74-98-104(93,94)100-78-81(75-95-82(87)69-65-61-57-53-49-45-41-35-31-27-23-19-15-11-7-3)102-85(90)72-68-64-60-56-52-48-44-40-38-34-30-26-22-18-14-10-6-2/h21,25,33,37,43,46,54,58,79-81,86H,5-20,22-24,26-32,34-36,38-42,44-45,47-53,55-57,59-78H2,1-4H3,(H,91,92)(H,93,94)/b25-21-,37-33-,46-43-,58-54-/t79-,80+,81+/m0/s1. The van der Waals surface area contributed by atoms with Crippen LogP contribution in [0.5, 0.6) is 0 Å². The highest BCUT2D eigenvalue weighted by Gasteiger charge is 2.30. The number of ether oxygens (including phenoxy) is 4. The molecule has 0 saturated heterocycles. The van der Waals surface area contributed by atoms with Gasteiger partial charge in [0, 0.05) is 25.7 Å². The normalized spacial score (nSPS) is 14.0. The lowest BCUT2D eigenvalue weighted by Gasteiger charge is -2.21. The molecule has 0 aliphatic carbocycles. The molecule has 0 aromatic rings. The minimum absolute atomic E-state index is 0.0915. The highest BCUT2D eigenvalue weighted by Crippen LogP contribution is 2.45. The number of aliphatic hydroxyl groups excluding tert-OH is 1. The Hall–Kier alpha value is -2.98. The SMILES string of the molecule is CCCCC/C=C\C/C=C\C/C=C\C/C=C\CCCC(=O)OC[C@H](COP(=O)(O)OC[C@H](O)COP(=O)(O)OC[C@@H](COC(=O)CCCCCCCCCCCCCCCCC)OC(=O)CCCCCCCCCCCCCCCCCCC)OC(=O)CCCCCCCCCCCCCCCCC. The van der Waals surface area contributed by atoms with Gasteiger partial charge in [-0.3, -0.25) is 37.3 Å². The average Bonchev–Trinajstić information content (AvgIpc) is 0.909. The summed E-state index contributed by atoms with van der Waals surface area (Å²) in [4.78, 5) is 73.2. The van der Waals surface area contributed by atoms with Gasteiger partial charge < -0.3 is 33.8 Å². The average molecular weight is 1510 g/mol. The van der Waals surface area contributed by atoms with E-state index in [4.69, 9.17) is 37.0 Å². The van der Waals surface area contributed by atoms with Gasteiger partial charge in [-0.15, -0.1) is 0 Å². The molecular weight excluding hydrogens is 1350 g/mol. The summed E-state index contributed by atoms with van der Waals surface area (Å²) >= 11 is 0. The summed E-state index contributed by atoms with van der Waals surface area (Å²) in [5.41, 5.74) is 0. The first-order valence-corrected chi connectivity index (χ1v) is 45.9. The van der Waals surface area contributed by atoms with Crippen molar-refractivity contribution in [2.45, 2.75) is 431 Å². The molecule has 5 atom stereocenters. The monoisotopic (exact) mass is 1510 g/mol. The van der Waals surface area contributed by atoms with Crippen molar-refractivity contribution in [2.75, 3.05) is 39.6 Å². The highest BCUT2D eigenvalue weighted by atomic mass is 31.2. The second-order valence-corrected chi connectivity index (χ2v) is 32.1. The van der Waals surface area contributed by atoms with E-state index >= 15 is 0 Å². The second kappa shape index (κ2) is 78.2. The van der Waals surface area contributed by atoms with Crippen LogP contribution in [0.2, 0.25) is 0 Å². The fourth-order valence-electron chi connectivity index (χ4n) is 12.3. The molecular formula is C85H158O17P2. The number of carbonyl (C=O) groups is 4. The first-order valence-electron chi connectivity index (χ1n) is 42.9. The molecule has 3 N–H and O–H groups in total. The van der Waals surface area contributed by atoms with Crippen LogP contribution in [0.4, 0.5) is 0 Å². The summed E-state index contributed by atoms with van der Waals surface area (Å²) in [6, 6.07) is 0. The number of hydrogen-bond donors (Lipinski definition) is 3. The molecule has 19 heteroatoms. The molecule has 0 amide bonds. The number of allylic oxidation sites excluding steroid dienone is 8. The molecule has 0 heterocycles. The molecule has 104 heavy (non-hydrogen) atoms. The van der Waals surface area contributed by atoms with E-state index in [2.05, 4.69) is 64.2 Å². The van der Waals surface area contributed by atoms with Crippen molar-refractivity contribution in [2.24, 2.45) is 0 Å². The number of phosphoric ester groups is 2. The van der Waals surface area contributed by atoms with E-state index < -0.39 is 97.5 Å². The third-order valence-corrected chi connectivity index (χ3v) is 20.7. The van der Waals surface area contributed by atoms with Gasteiger partial charge in [-0.2, -0.15) is 0 Å². The Bertz CT molecular complexity index is 2150. The summed E-state index contributed by atoms with van der Waals surface area (Å²) in [5.74, 6) is -2.19. The number of phosphoric acid groups is 2. The zero-order valence-electron chi connectivity index (χ0n) is 67.0. The quantitative estimate of drug-likeness (QED) is 0.0169. The molecule has 0 fully saturated rings. The number of hydrogen-bond acceptors (Lipinski definition) is 15. The molecule has 0 saturated carbocycles. The van der Waals surface area contributed by atoms with Crippen molar-refractivity contribution >= 4 is 39.5 Å². The van der Waals surface area contributed by atoms with Crippen LogP contribution in [0.3, 0.4) is 0 Å². The van der Waals surface area contributed by atoms with E-state index in [0.29, 0.717) is 32.1 Å². The van der Waals surface area contributed by atoms with Gasteiger partial charge in [0.15, 0.2) is 12.2 Å². The van der Waals surface area contributed by atoms with Crippen LogP contribution in [-0.4, -0.2) is 96.7 Å². The van der Waals surface area contributed by atoms with Crippen molar-refractivity contribution < 1.29 is 80.2 Å². The Morgan fingerprint density at radius 2 is 0.481 bits per heavy atom. The van der Waals surface area contributed by atoms with E-state index in [1.165, 1.54) is 231 Å². The van der Waals surface area contributed by atoms with Gasteiger partial charge in [-0.05, 0) is 64.2 Å². The van der Waals surface area contributed by atoms with Gasteiger partial charge in [0.25, 0.3) is 0 Å². The van der Waals surface area contributed by atoms with Crippen LogP contribution >= 0.6 is 15.6 Å². The number of unbranched alkanes of at least 4 members (excludes halogenated alkanes) is 48. The van der Waals surface area contributed by atoms with Crippen molar-refractivity contribution in [3.05, 3.63) is 48.6 Å². The lowest BCUT2D eigenvalue weighted by atomic mass is 10.0. The van der Waals surface area contributed by atoms with Gasteiger partial charge >= 0.3 is 39.5 Å². The molecule has 2 unspecified atom stereocenters.